The fourth-order valence-electron chi connectivity index (χ4n) is 5.16. The van der Waals surface area contributed by atoms with Crippen LogP contribution in [0.2, 0.25) is 0 Å². The van der Waals surface area contributed by atoms with Gasteiger partial charge in [-0.2, -0.15) is 0 Å². The molecule has 0 saturated heterocycles. The van der Waals surface area contributed by atoms with Crippen LogP contribution in [-0.4, -0.2) is 10.7 Å². The molecule has 2 heteroatoms. The molecule has 0 aromatic carbocycles. The quantitative estimate of drug-likeness (QED) is 0.663. The second-order valence-electron chi connectivity index (χ2n) is 8.55. The van der Waals surface area contributed by atoms with Crippen LogP contribution in [0.3, 0.4) is 0 Å². The van der Waals surface area contributed by atoms with Gasteiger partial charge in [-0.3, -0.25) is 0 Å². The summed E-state index contributed by atoms with van der Waals surface area (Å²) in [6.45, 7) is 11.1. The van der Waals surface area contributed by atoms with Gasteiger partial charge in [0.2, 0.25) is 0 Å². The second kappa shape index (κ2) is 6.35. The Morgan fingerprint density at radius 3 is 2.62 bits per heavy atom. The summed E-state index contributed by atoms with van der Waals surface area (Å²) < 4.78 is 0. The smallest absolute Gasteiger partial charge is 0.0617 e. The third-order valence-corrected chi connectivity index (χ3v) is 7.38. The van der Waals surface area contributed by atoms with Crippen molar-refractivity contribution in [3.8, 4) is 0 Å². The summed E-state index contributed by atoms with van der Waals surface area (Å²) in [5.41, 5.74) is 1.58. The minimum atomic E-state index is -0.555. The molecule has 0 aromatic rings. The van der Waals surface area contributed by atoms with Crippen LogP contribution in [0.4, 0.5) is 0 Å². The molecule has 2 saturated carbocycles. The topological polar surface area (TPSA) is 20.2 Å². The van der Waals surface area contributed by atoms with Crippen LogP contribution in [0.5, 0.6) is 0 Å². The summed E-state index contributed by atoms with van der Waals surface area (Å²) >= 11 is 3.60. The molecule has 0 radical (unpaired) electrons. The first-order valence-electron chi connectivity index (χ1n) is 8.71. The molecule has 2 aliphatic carbocycles. The largest absolute Gasteiger partial charge is 0.390 e. The summed E-state index contributed by atoms with van der Waals surface area (Å²) in [6.07, 6.45) is 7.88. The van der Waals surface area contributed by atoms with Gasteiger partial charge in [0.25, 0.3) is 0 Å². The molecule has 2 fully saturated rings. The molecule has 0 bridgehead atoms. The number of hydrogen-bond acceptors (Lipinski definition) is 1. The highest BCUT2D eigenvalue weighted by atomic mass is 79.9. The van der Waals surface area contributed by atoms with E-state index >= 15 is 0 Å². The maximum absolute atomic E-state index is 10.2. The van der Waals surface area contributed by atoms with Crippen LogP contribution < -0.4 is 0 Å². The maximum Gasteiger partial charge on any atom is 0.0617 e. The first-order chi connectivity index (χ1) is 9.70. The molecule has 2 rings (SSSR count). The Balaban J connectivity index is 2.11. The molecule has 1 unspecified atom stereocenters. The van der Waals surface area contributed by atoms with Crippen LogP contribution in [0, 0.1) is 29.1 Å². The fourth-order valence-corrected chi connectivity index (χ4v) is 5.70. The van der Waals surface area contributed by atoms with Crippen LogP contribution in [0.15, 0.2) is 10.6 Å². The SMILES string of the molecule is CC(C[C@@H](C)[C@H]1CC[C@@H]2/C(=C/Br)CCC[C@@]21C)C(C)(C)O. The number of halogens is 1. The summed E-state index contributed by atoms with van der Waals surface area (Å²) in [5.74, 6) is 2.67. The summed E-state index contributed by atoms with van der Waals surface area (Å²) in [4.78, 5) is 2.21. The van der Waals surface area contributed by atoms with Gasteiger partial charge >= 0.3 is 0 Å². The van der Waals surface area contributed by atoms with E-state index in [-0.39, 0.29) is 0 Å². The number of rotatable bonds is 4. The Morgan fingerprint density at radius 1 is 1.38 bits per heavy atom. The minimum Gasteiger partial charge on any atom is -0.390 e. The normalized spacial score (nSPS) is 38.3. The van der Waals surface area contributed by atoms with E-state index in [2.05, 4.69) is 41.7 Å². The number of fused-ring (bicyclic) bond motifs is 1. The van der Waals surface area contributed by atoms with Crippen molar-refractivity contribution >= 4 is 15.9 Å². The molecule has 21 heavy (non-hydrogen) atoms. The Labute approximate surface area is 139 Å². The third-order valence-electron chi connectivity index (χ3n) is 6.80. The van der Waals surface area contributed by atoms with Gasteiger partial charge in [0, 0.05) is 0 Å². The average molecular weight is 357 g/mol. The molecule has 0 heterocycles. The molecule has 0 spiro atoms. The van der Waals surface area contributed by atoms with Crippen LogP contribution in [-0.2, 0) is 0 Å². The van der Waals surface area contributed by atoms with E-state index in [1.807, 2.05) is 13.8 Å². The molecule has 0 aromatic heterocycles. The van der Waals surface area contributed by atoms with Gasteiger partial charge in [-0.15, -0.1) is 0 Å². The Morgan fingerprint density at radius 2 is 2.05 bits per heavy atom. The van der Waals surface area contributed by atoms with Crippen LogP contribution in [0.25, 0.3) is 0 Å². The van der Waals surface area contributed by atoms with Gasteiger partial charge in [-0.25, -0.2) is 0 Å². The maximum atomic E-state index is 10.2. The first-order valence-corrected chi connectivity index (χ1v) is 9.63. The zero-order valence-corrected chi connectivity index (χ0v) is 16.0. The predicted octanol–water partition coefficient (Wildman–Crippen LogP) is 5.91. The van der Waals surface area contributed by atoms with Crippen molar-refractivity contribution in [2.75, 3.05) is 0 Å². The summed E-state index contributed by atoms with van der Waals surface area (Å²) in [5, 5.41) is 10.2. The van der Waals surface area contributed by atoms with E-state index in [4.69, 9.17) is 0 Å². The standard InChI is InChI=1S/C19H33BrO/c1-13(11-14(2)18(3,4)21)16-8-9-17-15(12-20)7-6-10-19(16,17)5/h12-14,16-17,21H,6-11H2,1-5H3/b15-12+/t13-,14?,16-,17-,19-/m1/s1. The molecular formula is C19H33BrO. The molecule has 1 nitrogen and oxygen atoms in total. The Hall–Kier alpha value is 0.180. The van der Waals surface area contributed by atoms with Crippen LogP contribution in [0.1, 0.15) is 73.1 Å². The molecular weight excluding hydrogens is 324 g/mol. The van der Waals surface area contributed by atoms with Crippen molar-refractivity contribution < 1.29 is 5.11 Å². The van der Waals surface area contributed by atoms with Gasteiger partial charge in [0.15, 0.2) is 0 Å². The van der Waals surface area contributed by atoms with Crippen molar-refractivity contribution in [3.63, 3.8) is 0 Å². The Kier molecular flexibility index (Phi) is 5.31. The van der Waals surface area contributed by atoms with E-state index in [0.29, 0.717) is 17.3 Å². The molecule has 1 N–H and O–H groups in total. The lowest BCUT2D eigenvalue weighted by Crippen LogP contribution is -2.38. The fraction of sp³-hybridized carbons (Fsp3) is 0.895. The van der Waals surface area contributed by atoms with Crippen molar-refractivity contribution in [1.82, 2.24) is 0 Å². The average Bonchev–Trinajstić information content (AvgIpc) is 2.74. The van der Waals surface area contributed by atoms with Crippen molar-refractivity contribution in [3.05, 3.63) is 10.6 Å². The van der Waals surface area contributed by atoms with E-state index in [1.165, 1.54) is 32.1 Å². The molecule has 2 aliphatic rings. The Bertz CT molecular complexity index is 395. The van der Waals surface area contributed by atoms with Gasteiger partial charge < -0.3 is 5.11 Å². The van der Waals surface area contributed by atoms with Crippen molar-refractivity contribution in [2.24, 2.45) is 29.1 Å². The lowest BCUT2D eigenvalue weighted by atomic mass is 9.60. The lowest BCUT2D eigenvalue weighted by molar-refractivity contribution is 0.00216. The van der Waals surface area contributed by atoms with Crippen molar-refractivity contribution in [1.29, 1.82) is 0 Å². The van der Waals surface area contributed by atoms with Gasteiger partial charge in [-0.1, -0.05) is 42.3 Å². The summed E-state index contributed by atoms with van der Waals surface area (Å²) in [6, 6.07) is 0. The van der Waals surface area contributed by atoms with Gasteiger partial charge in [0.05, 0.1) is 5.60 Å². The minimum absolute atomic E-state index is 0.366. The zero-order valence-electron chi connectivity index (χ0n) is 14.5. The van der Waals surface area contributed by atoms with Crippen molar-refractivity contribution in [2.45, 2.75) is 78.7 Å². The van der Waals surface area contributed by atoms with E-state index in [9.17, 15) is 5.11 Å². The second-order valence-corrected chi connectivity index (χ2v) is 9.01. The van der Waals surface area contributed by atoms with Gasteiger partial charge in [0.1, 0.15) is 0 Å². The summed E-state index contributed by atoms with van der Waals surface area (Å²) in [7, 11) is 0. The zero-order chi connectivity index (χ0) is 15.8. The number of hydrogen-bond donors (Lipinski definition) is 1. The number of aliphatic hydroxyl groups is 1. The predicted molar refractivity (Wildman–Crippen MR) is 94.4 cm³/mol. The lowest BCUT2D eigenvalue weighted by Gasteiger charge is -2.45. The number of allylic oxidation sites excluding steroid dienone is 1. The molecule has 5 atom stereocenters. The van der Waals surface area contributed by atoms with E-state index in [1.54, 1.807) is 5.57 Å². The highest BCUT2D eigenvalue weighted by Gasteiger charge is 2.50. The highest BCUT2D eigenvalue weighted by molar-refractivity contribution is 9.11. The molecule has 122 valence electrons. The first kappa shape index (κ1) is 17.5. The molecule has 0 aliphatic heterocycles. The monoisotopic (exact) mass is 356 g/mol. The highest BCUT2D eigenvalue weighted by Crippen LogP contribution is 2.60. The third kappa shape index (κ3) is 3.42. The van der Waals surface area contributed by atoms with E-state index < -0.39 is 5.60 Å². The molecule has 0 amide bonds. The van der Waals surface area contributed by atoms with E-state index in [0.717, 1.165) is 18.3 Å². The van der Waals surface area contributed by atoms with Gasteiger partial charge in [-0.05, 0) is 86.4 Å². The van der Waals surface area contributed by atoms with Crippen LogP contribution >= 0.6 is 15.9 Å².